The van der Waals surface area contributed by atoms with Crippen LogP contribution in [0.5, 0.6) is 5.75 Å². The molecule has 1 unspecified atom stereocenters. The highest BCUT2D eigenvalue weighted by Crippen LogP contribution is 2.21. The molecular formula is C14H19F2NO. The first-order valence-corrected chi connectivity index (χ1v) is 6.06. The number of ether oxygens (including phenoxy) is 1. The topological polar surface area (TPSA) is 21.3 Å². The Hall–Kier alpha value is -1.42. The summed E-state index contributed by atoms with van der Waals surface area (Å²) in [6.45, 7) is 3.95. The Morgan fingerprint density at radius 3 is 2.50 bits per heavy atom. The second-order valence-electron chi connectivity index (χ2n) is 3.98. The second kappa shape index (κ2) is 7.82. The minimum absolute atomic E-state index is 0.169. The molecule has 18 heavy (non-hydrogen) atoms. The highest BCUT2D eigenvalue weighted by Gasteiger charge is 2.09. The van der Waals surface area contributed by atoms with Gasteiger partial charge in [-0.2, -0.15) is 8.78 Å². The van der Waals surface area contributed by atoms with Crippen molar-refractivity contribution in [2.45, 2.75) is 32.4 Å². The van der Waals surface area contributed by atoms with Gasteiger partial charge in [0.2, 0.25) is 0 Å². The monoisotopic (exact) mass is 255 g/mol. The number of halogens is 2. The fourth-order valence-electron chi connectivity index (χ4n) is 1.70. The largest absolute Gasteiger partial charge is 0.435 e. The molecule has 1 rings (SSSR count). The lowest BCUT2D eigenvalue weighted by Crippen LogP contribution is -2.21. The smallest absolute Gasteiger partial charge is 0.387 e. The van der Waals surface area contributed by atoms with Crippen LogP contribution < -0.4 is 10.1 Å². The fraction of sp³-hybridized carbons (Fsp3) is 0.429. The van der Waals surface area contributed by atoms with Gasteiger partial charge < -0.3 is 10.1 Å². The van der Waals surface area contributed by atoms with E-state index in [1.807, 2.05) is 6.08 Å². The van der Waals surface area contributed by atoms with E-state index in [0.29, 0.717) is 0 Å². The second-order valence-corrected chi connectivity index (χ2v) is 3.98. The lowest BCUT2D eigenvalue weighted by atomic mass is 10.0. The molecule has 1 atom stereocenters. The number of alkyl halides is 2. The molecule has 0 saturated carbocycles. The predicted molar refractivity (Wildman–Crippen MR) is 68.9 cm³/mol. The van der Waals surface area contributed by atoms with E-state index >= 15 is 0 Å². The number of nitrogens with one attached hydrogen (secondary N) is 1. The summed E-state index contributed by atoms with van der Waals surface area (Å²) >= 11 is 0. The molecule has 0 aliphatic carbocycles. The van der Waals surface area contributed by atoms with Gasteiger partial charge in [-0.05, 0) is 37.1 Å². The quantitative estimate of drug-likeness (QED) is 0.711. The molecule has 0 spiro atoms. The molecule has 0 radical (unpaired) electrons. The minimum atomic E-state index is -2.78. The molecule has 0 aliphatic rings. The Bertz CT molecular complexity index is 351. The van der Waals surface area contributed by atoms with Gasteiger partial charge in [-0.25, -0.2) is 0 Å². The Morgan fingerprint density at radius 2 is 2.00 bits per heavy atom. The molecule has 0 fully saturated rings. The van der Waals surface area contributed by atoms with E-state index in [1.54, 1.807) is 24.3 Å². The maximum absolute atomic E-state index is 12.0. The van der Waals surface area contributed by atoms with E-state index in [4.69, 9.17) is 0 Å². The maximum Gasteiger partial charge on any atom is 0.387 e. The molecule has 1 N–H and O–H groups in total. The van der Waals surface area contributed by atoms with Gasteiger partial charge in [0.15, 0.2) is 0 Å². The molecule has 4 heteroatoms. The van der Waals surface area contributed by atoms with Crippen LogP contribution in [0.2, 0.25) is 0 Å². The van der Waals surface area contributed by atoms with Gasteiger partial charge in [-0.3, -0.25) is 0 Å². The zero-order valence-corrected chi connectivity index (χ0v) is 10.5. The summed E-state index contributed by atoms with van der Waals surface area (Å²) in [5.41, 5.74) is 1.05. The van der Waals surface area contributed by atoms with Crippen molar-refractivity contribution < 1.29 is 13.5 Å². The number of benzene rings is 1. The van der Waals surface area contributed by atoms with Gasteiger partial charge >= 0.3 is 6.61 Å². The van der Waals surface area contributed by atoms with E-state index in [2.05, 4.69) is 23.6 Å². The molecular weight excluding hydrogens is 236 g/mol. The van der Waals surface area contributed by atoms with Crippen LogP contribution in [0.25, 0.3) is 0 Å². The lowest BCUT2D eigenvalue weighted by Gasteiger charge is -2.17. The molecule has 0 aliphatic heterocycles. The molecule has 0 heterocycles. The Labute approximate surface area is 107 Å². The summed E-state index contributed by atoms with van der Waals surface area (Å²) in [5.74, 6) is 0.182. The first-order valence-electron chi connectivity index (χ1n) is 6.06. The molecule has 0 bridgehead atoms. The van der Waals surface area contributed by atoms with Crippen molar-refractivity contribution in [3.8, 4) is 5.75 Å². The van der Waals surface area contributed by atoms with E-state index in [0.717, 1.165) is 24.9 Å². The SMILES string of the molecule is C=CCC(NCCC)c1ccc(OC(F)F)cc1. The van der Waals surface area contributed by atoms with Crippen LogP contribution in [0.3, 0.4) is 0 Å². The zero-order chi connectivity index (χ0) is 13.4. The van der Waals surface area contributed by atoms with Crippen molar-refractivity contribution in [1.82, 2.24) is 5.32 Å². The van der Waals surface area contributed by atoms with Gasteiger partial charge in [0.1, 0.15) is 5.75 Å². The summed E-state index contributed by atoms with van der Waals surface area (Å²) in [7, 11) is 0. The summed E-state index contributed by atoms with van der Waals surface area (Å²) < 4.78 is 28.4. The van der Waals surface area contributed by atoms with Crippen LogP contribution in [0.15, 0.2) is 36.9 Å². The van der Waals surface area contributed by atoms with E-state index in [9.17, 15) is 8.78 Å². The molecule has 0 saturated heterocycles. The summed E-state index contributed by atoms with van der Waals surface area (Å²) in [6, 6.07) is 6.89. The third kappa shape index (κ3) is 4.84. The van der Waals surface area contributed by atoms with Crippen molar-refractivity contribution in [2.75, 3.05) is 6.54 Å². The van der Waals surface area contributed by atoms with Gasteiger partial charge in [0, 0.05) is 6.04 Å². The van der Waals surface area contributed by atoms with Crippen LogP contribution in [-0.4, -0.2) is 13.2 Å². The zero-order valence-electron chi connectivity index (χ0n) is 10.5. The fourth-order valence-corrected chi connectivity index (χ4v) is 1.70. The van der Waals surface area contributed by atoms with Crippen molar-refractivity contribution >= 4 is 0 Å². The van der Waals surface area contributed by atoms with Gasteiger partial charge in [0.05, 0.1) is 0 Å². The molecule has 100 valence electrons. The molecule has 2 nitrogen and oxygen atoms in total. The average Bonchev–Trinajstić information content (AvgIpc) is 2.35. The Kier molecular flexibility index (Phi) is 6.36. The standard InChI is InChI=1S/C14H19F2NO/c1-3-5-13(17-10-4-2)11-6-8-12(9-7-11)18-14(15)16/h3,6-9,13-14,17H,1,4-5,10H2,2H3. The molecule has 1 aromatic rings. The van der Waals surface area contributed by atoms with Crippen molar-refractivity contribution in [1.29, 1.82) is 0 Å². The number of rotatable bonds is 8. The maximum atomic E-state index is 12.0. The van der Waals surface area contributed by atoms with Gasteiger partial charge in [-0.15, -0.1) is 6.58 Å². The summed E-state index contributed by atoms with van der Waals surface area (Å²) in [5, 5.41) is 3.39. The van der Waals surface area contributed by atoms with Crippen LogP contribution >= 0.6 is 0 Å². The van der Waals surface area contributed by atoms with Crippen molar-refractivity contribution in [3.63, 3.8) is 0 Å². The summed E-state index contributed by atoms with van der Waals surface area (Å²) in [6.07, 6.45) is 3.69. The number of hydrogen-bond acceptors (Lipinski definition) is 2. The summed E-state index contributed by atoms with van der Waals surface area (Å²) in [4.78, 5) is 0. The van der Waals surface area contributed by atoms with E-state index in [1.165, 1.54) is 0 Å². The lowest BCUT2D eigenvalue weighted by molar-refractivity contribution is -0.0498. The highest BCUT2D eigenvalue weighted by atomic mass is 19.3. The van der Waals surface area contributed by atoms with E-state index < -0.39 is 6.61 Å². The highest BCUT2D eigenvalue weighted by molar-refractivity contribution is 5.29. The van der Waals surface area contributed by atoms with Gasteiger partial charge in [0.25, 0.3) is 0 Å². The first kappa shape index (κ1) is 14.6. The number of hydrogen-bond donors (Lipinski definition) is 1. The van der Waals surface area contributed by atoms with Crippen LogP contribution in [-0.2, 0) is 0 Å². The third-order valence-corrected chi connectivity index (χ3v) is 2.55. The molecule has 1 aromatic carbocycles. The minimum Gasteiger partial charge on any atom is -0.435 e. The van der Waals surface area contributed by atoms with Gasteiger partial charge in [-0.1, -0.05) is 25.1 Å². The normalized spacial score (nSPS) is 12.4. The molecule has 0 aromatic heterocycles. The predicted octanol–water partition coefficient (Wildman–Crippen LogP) is 3.90. The van der Waals surface area contributed by atoms with Crippen LogP contribution in [0, 0.1) is 0 Å². The Balaban J connectivity index is 2.69. The van der Waals surface area contributed by atoms with Crippen molar-refractivity contribution in [2.24, 2.45) is 0 Å². The first-order chi connectivity index (χ1) is 8.67. The van der Waals surface area contributed by atoms with Crippen molar-refractivity contribution in [3.05, 3.63) is 42.5 Å². The van der Waals surface area contributed by atoms with E-state index in [-0.39, 0.29) is 11.8 Å². The third-order valence-electron chi connectivity index (χ3n) is 2.55. The Morgan fingerprint density at radius 1 is 1.33 bits per heavy atom. The average molecular weight is 255 g/mol. The van der Waals surface area contributed by atoms with Crippen LogP contribution in [0.4, 0.5) is 8.78 Å². The molecule has 0 amide bonds. The van der Waals surface area contributed by atoms with Crippen LogP contribution in [0.1, 0.15) is 31.4 Å².